The van der Waals surface area contributed by atoms with E-state index in [0.717, 1.165) is 17.5 Å². The fourth-order valence-corrected chi connectivity index (χ4v) is 1.34. The molecule has 2 heteroatoms. The van der Waals surface area contributed by atoms with Crippen molar-refractivity contribution in [2.24, 2.45) is 0 Å². The number of hydrogen-bond acceptors (Lipinski definition) is 2. The molecule has 0 fully saturated rings. The third-order valence-corrected chi connectivity index (χ3v) is 1.92. The van der Waals surface area contributed by atoms with E-state index in [0.29, 0.717) is 0 Å². The van der Waals surface area contributed by atoms with Crippen LogP contribution in [0.4, 0.5) is 0 Å². The van der Waals surface area contributed by atoms with Crippen molar-refractivity contribution >= 4 is 6.08 Å². The maximum absolute atomic E-state index is 9.30. The molecule has 2 nitrogen and oxygen atoms in total. The van der Waals surface area contributed by atoms with Crippen LogP contribution in [-0.2, 0) is 6.42 Å². The molecule has 1 aliphatic carbocycles. The Kier molecular flexibility index (Phi) is 1.15. The molecule has 0 saturated carbocycles. The van der Waals surface area contributed by atoms with Crippen LogP contribution in [-0.4, -0.2) is 10.2 Å². The number of hydrogen-bond donors (Lipinski definition) is 2. The molecule has 56 valence electrons. The van der Waals surface area contributed by atoms with Crippen LogP contribution in [0.1, 0.15) is 11.1 Å². The van der Waals surface area contributed by atoms with Crippen molar-refractivity contribution in [3.05, 3.63) is 29.3 Å². The van der Waals surface area contributed by atoms with E-state index in [-0.39, 0.29) is 11.5 Å². The Morgan fingerprint density at radius 1 is 1.09 bits per heavy atom. The molecule has 1 aliphatic rings. The molecule has 0 amide bonds. The first-order chi connectivity index (χ1) is 5.29. The molecule has 2 rings (SSSR count). The number of fused-ring (bicyclic) bond motifs is 1. The molecule has 0 spiro atoms. The first-order valence-electron chi connectivity index (χ1n) is 3.49. The van der Waals surface area contributed by atoms with E-state index >= 15 is 0 Å². The smallest absolute Gasteiger partial charge is 0.123 e. The van der Waals surface area contributed by atoms with E-state index in [1.54, 1.807) is 0 Å². The van der Waals surface area contributed by atoms with Crippen LogP contribution >= 0.6 is 0 Å². The van der Waals surface area contributed by atoms with E-state index in [4.69, 9.17) is 0 Å². The van der Waals surface area contributed by atoms with Crippen molar-refractivity contribution < 1.29 is 10.2 Å². The lowest BCUT2D eigenvalue weighted by Crippen LogP contribution is -1.82. The largest absolute Gasteiger partial charge is 0.508 e. The fourth-order valence-electron chi connectivity index (χ4n) is 1.34. The minimum absolute atomic E-state index is 0.242. The predicted octanol–water partition coefficient (Wildman–Crippen LogP) is 1.67. The summed E-state index contributed by atoms with van der Waals surface area (Å²) < 4.78 is 0. The minimum atomic E-state index is 0.242. The number of phenolic OH excluding ortho intramolecular Hbond substituents is 2. The summed E-state index contributed by atoms with van der Waals surface area (Å²) in [7, 11) is 0. The van der Waals surface area contributed by atoms with E-state index < -0.39 is 0 Å². The maximum atomic E-state index is 9.30. The Morgan fingerprint density at radius 2 is 1.82 bits per heavy atom. The molecule has 0 aliphatic heterocycles. The Balaban J connectivity index is 2.71. The van der Waals surface area contributed by atoms with E-state index in [1.165, 1.54) is 12.1 Å². The van der Waals surface area contributed by atoms with Crippen LogP contribution < -0.4 is 0 Å². The summed E-state index contributed by atoms with van der Waals surface area (Å²) in [5.74, 6) is 0.509. The molecule has 0 aromatic heterocycles. The third kappa shape index (κ3) is 0.792. The summed E-state index contributed by atoms with van der Waals surface area (Å²) in [5.41, 5.74) is 1.58. The van der Waals surface area contributed by atoms with Crippen molar-refractivity contribution in [1.29, 1.82) is 0 Å². The first kappa shape index (κ1) is 6.28. The highest BCUT2D eigenvalue weighted by Crippen LogP contribution is 2.34. The zero-order valence-electron chi connectivity index (χ0n) is 5.91. The number of allylic oxidation sites excluding steroid dienone is 1. The Morgan fingerprint density at radius 3 is 2.55 bits per heavy atom. The van der Waals surface area contributed by atoms with Crippen LogP contribution in [0.5, 0.6) is 11.5 Å². The van der Waals surface area contributed by atoms with Crippen LogP contribution in [0.3, 0.4) is 0 Å². The molecule has 0 heterocycles. The zero-order valence-corrected chi connectivity index (χ0v) is 5.91. The van der Waals surface area contributed by atoms with E-state index in [1.807, 2.05) is 12.2 Å². The second-order valence-corrected chi connectivity index (χ2v) is 2.60. The maximum Gasteiger partial charge on any atom is 0.123 e. The number of benzene rings is 1. The van der Waals surface area contributed by atoms with Gasteiger partial charge in [-0.15, -0.1) is 0 Å². The fraction of sp³-hybridized carbons (Fsp3) is 0.111. The molecule has 0 saturated heterocycles. The van der Waals surface area contributed by atoms with Gasteiger partial charge in [-0.3, -0.25) is 0 Å². The van der Waals surface area contributed by atoms with Crippen molar-refractivity contribution in [1.82, 2.24) is 0 Å². The predicted molar refractivity (Wildman–Crippen MR) is 42.5 cm³/mol. The number of aromatic hydroxyl groups is 2. The van der Waals surface area contributed by atoms with E-state index in [9.17, 15) is 10.2 Å². The Hall–Kier alpha value is -1.44. The van der Waals surface area contributed by atoms with Crippen LogP contribution in [0, 0.1) is 0 Å². The first-order valence-corrected chi connectivity index (χ1v) is 3.49. The lowest BCUT2D eigenvalue weighted by atomic mass is 10.1. The van der Waals surface area contributed by atoms with Gasteiger partial charge in [-0.25, -0.2) is 0 Å². The summed E-state index contributed by atoms with van der Waals surface area (Å²) in [6.45, 7) is 0. The van der Waals surface area contributed by atoms with Gasteiger partial charge >= 0.3 is 0 Å². The SMILES string of the molecule is Oc1ccc(O)c2c1C=CC2. The van der Waals surface area contributed by atoms with Gasteiger partial charge in [-0.2, -0.15) is 0 Å². The van der Waals surface area contributed by atoms with Crippen molar-refractivity contribution in [3.8, 4) is 11.5 Å². The average molecular weight is 148 g/mol. The molecule has 11 heavy (non-hydrogen) atoms. The Labute approximate surface area is 64.4 Å². The quantitative estimate of drug-likeness (QED) is 0.549. The minimum Gasteiger partial charge on any atom is -0.508 e. The molecule has 0 atom stereocenters. The van der Waals surface area contributed by atoms with Gasteiger partial charge in [0.15, 0.2) is 0 Å². The van der Waals surface area contributed by atoms with Gasteiger partial charge in [0.05, 0.1) is 0 Å². The molecule has 1 aromatic carbocycles. The summed E-state index contributed by atoms with van der Waals surface area (Å²) >= 11 is 0. The van der Waals surface area contributed by atoms with Gasteiger partial charge in [0.2, 0.25) is 0 Å². The van der Waals surface area contributed by atoms with Gasteiger partial charge in [0, 0.05) is 11.1 Å². The van der Waals surface area contributed by atoms with Crippen molar-refractivity contribution in [3.63, 3.8) is 0 Å². The molecular formula is C9H8O2. The van der Waals surface area contributed by atoms with Gasteiger partial charge < -0.3 is 10.2 Å². The van der Waals surface area contributed by atoms with Gasteiger partial charge in [0.1, 0.15) is 11.5 Å². The molecule has 0 bridgehead atoms. The number of phenols is 2. The Bertz CT molecular complexity index is 327. The van der Waals surface area contributed by atoms with Gasteiger partial charge in [0.25, 0.3) is 0 Å². The molecular weight excluding hydrogens is 140 g/mol. The topological polar surface area (TPSA) is 40.5 Å². The second kappa shape index (κ2) is 2.02. The van der Waals surface area contributed by atoms with Crippen LogP contribution in [0.15, 0.2) is 18.2 Å². The highest BCUT2D eigenvalue weighted by atomic mass is 16.3. The molecule has 1 aromatic rings. The molecule has 0 radical (unpaired) electrons. The van der Waals surface area contributed by atoms with Crippen molar-refractivity contribution in [2.75, 3.05) is 0 Å². The summed E-state index contributed by atoms with van der Waals surface area (Å²) in [6.07, 6.45) is 4.46. The van der Waals surface area contributed by atoms with Crippen molar-refractivity contribution in [2.45, 2.75) is 6.42 Å². The molecule has 2 N–H and O–H groups in total. The lowest BCUT2D eigenvalue weighted by Gasteiger charge is -2.03. The highest BCUT2D eigenvalue weighted by Gasteiger charge is 2.12. The summed E-state index contributed by atoms with van der Waals surface area (Å²) in [4.78, 5) is 0. The average Bonchev–Trinajstić information content (AvgIpc) is 2.45. The number of rotatable bonds is 0. The standard InChI is InChI=1S/C9H8O2/c10-8-4-5-9(11)7-3-1-2-6(7)8/h1-2,4-5,10-11H,3H2. The zero-order chi connectivity index (χ0) is 7.84. The summed E-state index contributed by atoms with van der Waals surface area (Å²) in [5, 5.41) is 18.6. The third-order valence-electron chi connectivity index (χ3n) is 1.92. The van der Waals surface area contributed by atoms with E-state index in [2.05, 4.69) is 0 Å². The van der Waals surface area contributed by atoms with Crippen LogP contribution in [0.2, 0.25) is 0 Å². The van der Waals surface area contributed by atoms with Gasteiger partial charge in [-0.1, -0.05) is 12.2 Å². The monoisotopic (exact) mass is 148 g/mol. The summed E-state index contributed by atoms with van der Waals surface area (Å²) in [6, 6.07) is 3.02. The van der Waals surface area contributed by atoms with Crippen LogP contribution in [0.25, 0.3) is 6.08 Å². The molecule has 0 unspecified atom stereocenters. The van der Waals surface area contributed by atoms with Gasteiger partial charge in [-0.05, 0) is 18.6 Å². The normalized spacial score (nSPS) is 13.5. The second-order valence-electron chi connectivity index (χ2n) is 2.60. The highest BCUT2D eigenvalue weighted by molar-refractivity contribution is 5.68. The lowest BCUT2D eigenvalue weighted by molar-refractivity contribution is 0.455.